The molecule has 5 nitrogen and oxygen atoms in total. The van der Waals surface area contributed by atoms with Crippen LogP contribution in [-0.4, -0.2) is 39.0 Å². The molecule has 0 atom stereocenters. The molecular formula is C11H19N3O2S. The monoisotopic (exact) mass is 257 g/mol. The van der Waals surface area contributed by atoms with Crippen molar-refractivity contribution < 1.29 is 8.42 Å². The smallest absolute Gasteiger partial charge is 0.149 e. The lowest BCUT2D eigenvalue weighted by molar-refractivity contribution is 0.601. The summed E-state index contributed by atoms with van der Waals surface area (Å²) in [6.07, 6.45) is 2.94. The second kappa shape index (κ2) is 5.46. The maximum absolute atomic E-state index is 11.1. The molecule has 0 aromatic carbocycles. The molecule has 1 aromatic heterocycles. The number of rotatable bonds is 5. The van der Waals surface area contributed by atoms with Gasteiger partial charge in [-0.05, 0) is 18.6 Å². The Bertz CT molecular complexity index is 485. The summed E-state index contributed by atoms with van der Waals surface area (Å²) in [4.78, 5) is 6.09. The predicted molar refractivity (Wildman–Crippen MR) is 69.8 cm³/mol. The third kappa shape index (κ3) is 3.98. The van der Waals surface area contributed by atoms with Crippen LogP contribution in [0, 0.1) is 6.92 Å². The Morgan fingerprint density at radius 1 is 1.47 bits per heavy atom. The maximum Gasteiger partial charge on any atom is 0.149 e. The Morgan fingerprint density at radius 2 is 2.12 bits per heavy atom. The zero-order valence-electron chi connectivity index (χ0n) is 10.5. The average Bonchev–Trinajstić information content (AvgIpc) is 2.24. The maximum atomic E-state index is 11.1. The van der Waals surface area contributed by atoms with Crippen molar-refractivity contribution in [2.45, 2.75) is 13.5 Å². The van der Waals surface area contributed by atoms with Crippen LogP contribution in [0.4, 0.5) is 5.82 Å². The molecule has 0 amide bonds. The van der Waals surface area contributed by atoms with Crippen LogP contribution in [0.25, 0.3) is 0 Å². The van der Waals surface area contributed by atoms with Gasteiger partial charge in [0, 0.05) is 38.2 Å². The number of hydrogen-bond donors (Lipinski definition) is 1. The van der Waals surface area contributed by atoms with Crippen molar-refractivity contribution in [2.75, 3.05) is 30.5 Å². The fourth-order valence-electron chi connectivity index (χ4n) is 1.56. The van der Waals surface area contributed by atoms with Gasteiger partial charge in [-0.2, -0.15) is 0 Å². The minimum atomic E-state index is -2.96. The highest BCUT2D eigenvalue weighted by Gasteiger charge is 2.12. The molecule has 0 saturated carbocycles. The summed E-state index contributed by atoms with van der Waals surface area (Å²) in [5.41, 5.74) is 7.72. The van der Waals surface area contributed by atoms with Crippen molar-refractivity contribution in [2.24, 2.45) is 5.73 Å². The van der Waals surface area contributed by atoms with Gasteiger partial charge in [0.15, 0.2) is 0 Å². The van der Waals surface area contributed by atoms with E-state index < -0.39 is 9.84 Å². The van der Waals surface area contributed by atoms with Gasteiger partial charge in [-0.15, -0.1) is 0 Å². The molecule has 0 unspecified atom stereocenters. The summed E-state index contributed by atoms with van der Waals surface area (Å²) in [5.74, 6) is 0.875. The van der Waals surface area contributed by atoms with Gasteiger partial charge < -0.3 is 10.6 Å². The molecule has 0 saturated heterocycles. The highest BCUT2D eigenvalue weighted by atomic mass is 32.2. The average molecular weight is 257 g/mol. The van der Waals surface area contributed by atoms with Gasteiger partial charge in [-0.25, -0.2) is 13.4 Å². The number of sulfone groups is 1. The summed E-state index contributed by atoms with van der Waals surface area (Å²) in [6.45, 7) is 2.79. The topological polar surface area (TPSA) is 76.3 Å². The fraction of sp³-hybridized carbons (Fsp3) is 0.545. The largest absolute Gasteiger partial charge is 0.358 e. The summed E-state index contributed by atoms with van der Waals surface area (Å²) >= 11 is 0. The van der Waals surface area contributed by atoms with Crippen molar-refractivity contribution >= 4 is 15.7 Å². The molecule has 0 aliphatic heterocycles. The van der Waals surface area contributed by atoms with Crippen molar-refractivity contribution in [1.82, 2.24) is 4.98 Å². The van der Waals surface area contributed by atoms with E-state index in [0.717, 1.165) is 16.9 Å². The van der Waals surface area contributed by atoms with E-state index in [0.29, 0.717) is 13.1 Å². The van der Waals surface area contributed by atoms with Crippen LogP contribution in [0.3, 0.4) is 0 Å². The third-order valence-corrected chi connectivity index (χ3v) is 3.55. The molecule has 6 heteroatoms. The van der Waals surface area contributed by atoms with Crippen LogP contribution in [0.2, 0.25) is 0 Å². The van der Waals surface area contributed by atoms with Crippen LogP contribution in [0.1, 0.15) is 11.1 Å². The van der Waals surface area contributed by atoms with E-state index in [9.17, 15) is 8.42 Å². The molecule has 0 aliphatic carbocycles. The van der Waals surface area contributed by atoms with Crippen molar-refractivity contribution in [1.29, 1.82) is 0 Å². The molecule has 0 fully saturated rings. The lowest BCUT2D eigenvalue weighted by Crippen LogP contribution is -2.27. The van der Waals surface area contributed by atoms with E-state index >= 15 is 0 Å². The fourth-order valence-corrected chi connectivity index (χ4v) is 2.17. The number of nitrogens with two attached hydrogens (primary N) is 1. The van der Waals surface area contributed by atoms with Gasteiger partial charge in [0.05, 0.1) is 5.75 Å². The molecule has 0 bridgehead atoms. The number of hydrogen-bond acceptors (Lipinski definition) is 5. The number of nitrogens with zero attached hydrogens (tertiary/aromatic N) is 2. The molecule has 96 valence electrons. The lowest BCUT2D eigenvalue weighted by atomic mass is 10.1. The van der Waals surface area contributed by atoms with E-state index in [-0.39, 0.29) is 5.75 Å². The third-order valence-electron chi connectivity index (χ3n) is 2.63. The minimum absolute atomic E-state index is 0.114. The molecule has 0 radical (unpaired) electrons. The molecule has 0 spiro atoms. The Hall–Kier alpha value is -1.14. The van der Waals surface area contributed by atoms with Gasteiger partial charge in [0.2, 0.25) is 0 Å². The van der Waals surface area contributed by atoms with Crippen molar-refractivity contribution in [3.8, 4) is 0 Å². The van der Waals surface area contributed by atoms with Crippen LogP contribution in [0.15, 0.2) is 12.3 Å². The SMILES string of the molecule is Cc1ccnc(N(C)CCS(C)(=O)=O)c1CN. The first kappa shape index (κ1) is 13.9. The number of aryl methyl sites for hydroxylation is 1. The lowest BCUT2D eigenvalue weighted by Gasteiger charge is -2.21. The van der Waals surface area contributed by atoms with E-state index in [1.54, 1.807) is 6.20 Å². The summed E-state index contributed by atoms with van der Waals surface area (Å²) in [7, 11) is -1.13. The molecule has 2 N–H and O–H groups in total. The summed E-state index contributed by atoms with van der Waals surface area (Å²) in [5, 5.41) is 0. The number of anilines is 1. The molecule has 17 heavy (non-hydrogen) atoms. The minimum Gasteiger partial charge on any atom is -0.358 e. The molecule has 0 aliphatic rings. The van der Waals surface area contributed by atoms with Crippen LogP contribution in [-0.2, 0) is 16.4 Å². The zero-order chi connectivity index (χ0) is 13.1. The van der Waals surface area contributed by atoms with E-state index in [1.165, 1.54) is 6.26 Å². The van der Waals surface area contributed by atoms with Crippen molar-refractivity contribution in [3.05, 3.63) is 23.4 Å². The van der Waals surface area contributed by atoms with E-state index in [1.807, 2.05) is 24.9 Å². The van der Waals surface area contributed by atoms with E-state index in [2.05, 4.69) is 4.98 Å². The summed E-state index contributed by atoms with van der Waals surface area (Å²) in [6, 6.07) is 1.90. The molecule has 1 aromatic rings. The number of aromatic nitrogens is 1. The Kier molecular flexibility index (Phi) is 4.47. The number of pyridine rings is 1. The molecular weight excluding hydrogens is 238 g/mol. The Morgan fingerprint density at radius 3 is 2.65 bits per heavy atom. The molecule has 1 heterocycles. The zero-order valence-corrected chi connectivity index (χ0v) is 11.3. The summed E-state index contributed by atoms with van der Waals surface area (Å²) < 4.78 is 22.2. The highest BCUT2D eigenvalue weighted by molar-refractivity contribution is 7.90. The first-order chi connectivity index (χ1) is 7.85. The van der Waals surface area contributed by atoms with Gasteiger partial charge in [-0.1, -0.05) is 0 Å². The first-order valence-corrected chi connectivity index (χ1v) is 7.44. The van der Waals surface area contributed by atoms with Crippen molar-refractivity contribution in [3.63, 3.8) is 0 Å². The van der Waals surface area contributed by atoms with Crippen LogP contribution >= 0.6 is 0 Å². The van der Waals surface area contributed by atoms with Gasteiger partial charge in [0.1, 0.15) is 15.7 Å². The second-order valence-corrected chi connectivity index (χ2v) is 6.45. The second-order valence-electron chi connectivity index (χ2n) is 4.19. The first-order valence-electron chi connectivity index (χ1n) is 5.38. The van der Waals surface area contributed by atoms with Gasteiger partial charge in [0.25, 0.3) is 0 Å². The normalized spacial score (nSPS) is 11.5. The van der Waals surface area contributed by atoms with Gasteiger partial charge in [-0.3, -0.25) is 0 Å². The highest BCUT2D eigenvalue weighted by Crippen LogP contribution is 2.18. The quantitative estimate of drug-likeness (QED) is 0.822. The Balaban J connectivity index is 2.89. The van der Waals surface area contributed by atoms with Crippen LogP contribution < -0.4 is 10.6 Å². The molecule has 1 rings (SSSR count). The van der Waals surface area contributed by atoms with E-state index in [4.69, 9.17) is 5.73 Å². The standard InChI is InChI=1S/C11H19N3O2S/c1-9-4-5-13-11(10(9)8-12)14(2)6-7-17(3,15)16/h4-5H,6-8,12H2,1-3H3. The van der Waals surface area contributed by atoms with Gasteiger partial charge >= 0.3 is 0 Å². The Labute approximate surface area is 103 Å². The van der Waals surface area contributed by atoms with Crippen LogP contribution in [0.5, 0.6) is 0 Å². The predicted octanol–water partition coefficient (Wildman–Crippen LogP) is 0.330.